The molecule has 2 aromatic carbocycles. The van der Waals surface area contributed by atoms with Crippen LogP contribution < -0.4 is 10.6 Å². The second kappa shape index (κ2) is 9.20. The van der Waals surface area contributed by atoms with Gasteiger partial charge in [-0.3, -0.25) is 9.59 Å². The molecule has 4 amide bonds. The van der Waals surface area contributed by atoms with Crippen LogP contribution in [0.4, 0.5) is 10.5 Å². The van der Waals surface area contributed by atoms with Gasteiger partial charge in [-0.05, 0) is 44.9 Å². The van der Waals surface area contributed by atoms with Crippen LogP contribution >= 0.6 is 0 Å². The standard InChI is InChI=1S/C24H30N4O3/c1-24(2,3)26-21(29)20-16-27(4)23(31)25-19-13-9-8-12-18(19)22(30)28(20)15-14-17-10-6-5-7-11-17/h5-13,20H,14-16H2,1-4H3,(H,25,31)(H,26,29). The normalized spacial score (nSPS) is 17.2. The van der Waals surface area contributed by atoms with E-state index in [0.29, 0.717) is 24.2 Å². The predicted octanol–water partition coefficient (Wildman–Crippen LogP) is 3.13. The Morgan fingerprint density at radius 1 is 1.06 bits per heavy atom. The largest absolute Gasteiger partial charge is 0.350 e. The Labute approximate surface area is 183 Å². The first-order chi connectivity index (χ1) is 14.7. The molecule has 1 atom stereocenters. The molecule has 1 unspecified atom stereocenters. The fourth-order valence-corrected chi connectivity index (χ4v) is 3.56. The molecule has 164 valence electrons. The van der Waals surface area contributed by atoms with E-state index in [9.17, 15) is 14.4 Å². The number of nitrogens with one attached hydrogen (secondary N) is 2. The van der Waals surface area contributed by atoms with Crippen molar-refractivity contribution in [2.75, 3.05) is 25.5 Å². The highest BCUT2D eigenvalue weighted by Gasteiger charge is 2.36. The minimum absolute atomic E-state index is 0.0856. The van der Waals surface area contributed by atoms with Crippen LogP contribution in [0, 0.1) is 0 Å². The summed E-state index contributed by atoms with van der Waals surface area (Å²) in [6.45, 7) is 6.11. The number of likely N-dealkylation sites (N-methyl/N-ethyl adjacent to an activating group) is 1. The number of benzene rings is 2. The number of anilines is 1. The Morgan fingerprint density at radius 2 is 1.71 bits per heavy atom. The van der Waals surface area contributed by atoms with Crippen molar-refractivity contribution in [2.45, 2.75) is 38.8 Å². The number of rotatable bonds is 4. The Bertz CT molecular complexity index is 953. The predicted molar refractivity (Wildman–Crippen MR) is 121 cm³/mol. The SMILES string of the molecule is CN1CC(C(=O)NC(C)(C)C)N(CCc2ccccc2)C(=O)c2ccccc2NC1=O. The summed E-state index contributed by atoms with van der Waals surface area (Å²) >= 11 is 0. The molecule has 7 heteroatoms. The number of hydrogen-bond acceptors (Lipinski definition) is 3. The van der Waals surface area contributed by atoms with Crippen LogP contribution in [0.1, 0.15) is 36.7 Å². The molecule has 0 aliphatic carbocycles. The number of nitrogens with zero attached hydrogens (tertiary/aromatic N) is 2. The number of amides is 4. The molecule has 7 nitrogen and oxygen atoms in total. The van der Waals surface area contributed by atoms with Crippen LogP contribution in [-0.2, 0) is 11.2 Å². The third kappa shape index (κ3) is 5.63. The summed E-state index contributed by atoms with van der Waals surface area (Å²) in [6, 6.07) is 15.5. The van der Waals surface area contributed by atoms with Crippen molar-refractivity contribution in [3.8, 4) is 0 Å². The quantitative estimate of drug-likeness (QED) is 0.794. The fraction of sp³-hybridized carbons (Fsp3) is 0.375. The van der Waals surface area contributed by atoms with Gasteiger partial charge in [0.05, 0.1) is 17.8 Å². The van der Waals surface area contributed by atoms with Crippen molar-refractivity contribution in [1.82, 2.24) is 15.1 Å². The van der Waals surface area contributed by atoms with Gasteiger partial charge in [-0.25, -0.2) is 4.79 Å². The van der Waals surface area contributed by atoms with E-state index in [1.165, 1.54) is 4.90 Å². The first-order valence-corrected chi connectivity index (χ1v) is 10.4. The molecule has 1 aliphatic rings. The summed E-state index contributed by atoms with van der Waals surface area (Å²) in [5.41, 5.74) is 1.40. The molecule has 2 N–H and O–H groups in total. The van der Waals surface area contributed by atoms with Gasteiger partial charge in [0.15, 0.2) is 0 Å². The first kappa shape index (κ1) is 22.3. The summed E-state index contributed by atoms with van der Waals surface area (Å²) in [5.74, 6) is -0.566. The summed E-state index contributed by atoms with van der Waals surface area (Å²) in [4.78, 5) is 42.6. The van der Waals surface area contributed by atoms with Crippen LogP contribution in [0.25, 0.3) is 0 Å². The second-order valence-corrected chi connectivity index (χ2v) is 8.85. The minimum Gasteiger partial charge on any atom is -0.350 e. The third-order valence-electron chi connectivity index (χ3n) is 5.11. The highest BCUT2D eigenvalue weighted by Crippen LogP contribution is 2.22. The zero-order chi connectivity index (χ0) is 22.6. The molecular formula is C24H30N4O3. The van der Waals surface area contributed by atoms with Crippen LogP contribution in [0.3, 0.4) is 0 Å². The summed E-state index contributed by atoms with van der Waals surface area (Å²) in [7, 11) is 1.63. The Morgan fingerprint density at radius 3 is 2.39 bits per heavy atom. The zero-order valence-corrected chi connectivity index (χ0v) is 18.5. The van der Waals surface area contributed by atoms with E-state index in [1.807, 2.05) is 51.1 Å². The molecule has 0 radical (unpaired) electrons. The lowest BCUT2D eigenvalue weighted by molar-refractivity contribution is -0.127. The molecule has 1 heterocycles. The summed E-state index contributed by atoms with van der Waals surface area (Å²) in [5, 5.41) is 5.77. The Hall–Kier alpha value is -3.35. The third-order valence-corrected chi connectivity index (χ3v) is 5.11. The molecule has 0 saturated carbocycles. The number of para-hydroxylation sites is 1. The van der Waals surface area contributed by atoms with Crippen molar-refractivity contribution in [3.63, 3.8) is 0 Å². The Kier molecular flexibility index (Phi) is 6.63. The van der Waals surface area contributed by atoms with Crippen LogP contribution in [0.15, 0.2) is 54.6 Å². The van der Waals surface area contributed by atoms with Crippen molar-refractivity contribution >= 4 is 23.5 Å². The summed E-state index contributed by atoms with van der Waals surface area (Å²) in [6.07, 6.45) is 0.596. The van der Waals surface area contributed by atoms with Gasteiger partial charge in [0.2, 0.25) is 5.91 Å². The number of hydrogen-bond donors (Lipinski definition) is 2. The molecule has 0 saturated heterocycles. The van der Waals surface area contributed by atoms with Crippen molar-refractivity contribution < 1.29 is 14.4 Å². The number of carbonyl (C=O) groups excluding carboxylic acids is 3. The second-order valence-electron chi connectivity index (χ2n) is 8.85. The van der Waals surface area contributed by atoms with E-state index < -0.39 is 11.6 Å². The van der Waals surface area contributed by atoms with Gasteiger partial charge < -0.3 is 20.4 Å². The molecule has 1 aliphatic heterocycles. The fourth-order valence-electron chi connectivity index (χ4n) is 3.56. The van der Waals surface area contributed by atoms with Gasteiger partial charge >= 0.3 is 6.03 Å². The number of urea groups is 1. The van der Waals surface area contributed by atoms with E-state index >= 15 is 0 Å². The topological polar surface area (TPSA) is 81.8 Å². The first-order valence-electron chi connectivity index (χ1n) is 10.4. The van der Waals surface area contributed by atoms with E-state index in [4.69, 9.17) is 0 Å². The maximum Gasteiger partial charge on any atom is 0.321 e. The van der Waals surface area contributed by atoms with Gasteiger partial charge in [-0.2, -0.15) is 0 Å². The van der Waals surface area contributed by atoms with E-state index in [0.717, 1.165) is 5.56 Å². The Balaban J connectivity index is 2.02. The average Bonchev–Trinajstić information content (AvgIpc) is 2.75. The van der Waals surface area contributed by atoms with Gasteiger partial charge in [0.25, 0.3) is 5.91 Å². The monoisotopic (exact) mass is 422 g/mol. The smallest absolute Gasteiger partial charge is 0.321 e. The zero-order valence-electron chi connectivity index (χ0n) is 18.5. The van der Waals surface area contributed by atoms with E-state index in [1.54, 1.807) is 36.2 Å². The average molecular weight is 423 g/mol. The van der Waals surface area contributed by atoms with Gasteiger partial charge in [-0.1, -0.05) is 42.5 Å². The molecule has 2 aromatic rings. The molecule has 0 spiro atoms. The highest BCUT2D eigenvalue weighted by molar-refractivity contribution is 6.05. The van der Waals surface area contributed by atoms with Crippen LogP contribution in [-0.4, -0.2) is 59.4 Å². The van der Waals surface area contributed by atoms with Gasteiger partial charge in [-0.15, -0.1) is 0 Å². The lowest BCUT2D eigenvalue weighted by Gasteiger charge is -2.34. The number of carbonyl (C=O) groups is 3. The molecule has 0 aromatic heterocycles. The van der Waals surface area contributed by atoms with Crippen LogP contribution in [0.2, 0.25) is 0 Å². The maximum atomic E-state index is 13.6. The lowest BCUT2D eigenvalue weighted by atomic mass is 10.0. The molecule has 31 heavy (non-hydrogen) atoms. The van der Waals surface area contributed by atoms with E-state index in [2.05, 4.69) is 10.6 Å². The van der Waals surface area contributed by atoms with Crippen molar-refractivity contribution in [2.24, 2.45) is 0 Å². The minimum atomic E-state index is -0.822. The maximum absolute atomic E-state index is 13.6. The van der Waals surface area contributed by atoms with Crippen molar-refractivity contribution in [3.05, 3.63) is 65.7 Å². The molecular weight excluding hydrogens is 392 g/mol. The number of fused-ring (bicyclic) bond motifs is 1. The van der Waals surface area contributed by atoms with Crippen LogP contribution in [0.5, 0.6) is 0 Å². The molecule has 0 fully saturated rings. The molecule has 0 bridgehead atoms. The lowest BCUT2D eigenvalue weighted by Crippen LogP contribution is -2.58. The molecule has 3 rings (SSSR count). The van der Waals surface area contributed by atoms with Crippen molar-refractivity contribution in [1.29, 1.82) is 0 Å². The summed E-state index contributed by atoms with van der Waals surface area (Å²) < 4.78 is 0. The highest BCUT2D eigenvalue weighted by atomic mass is 16.2. The van der Waals surface area contributed by atoms with E-state index in [-0.39, 0.29) is 24.4 Å². The van der Waals surface area contributed by atoms with Gasteiger partial charge in [0.1, 0.15) is 6.04 Å². The van der Waals surface area contributed by atoms with Gasteiger partial charge in [0, 0.05) is 19.1 Å².